The van der Waals surface area contributed by atoms with Gasteiger partial charge in [0.2, 0.25) is 0 Å². The molecule has 2 heterocycles. The number of fused-ring (bicyclic) bond motifs is 1. The molecule has 1 N–H and O–H groups in total. The van der Waals surface area contributed by atoms with E-state index < -0.39 is 0 Å². The van der Waals surface area contributed by atoms with Crippen molar-refractivity contribution in [1.29, 1.82) is 0 Å². The summed E-state index contributed by atoms with van der Waals surface area (Å²) in [6, 6.07) is 8.28. The second-order valence-electron chi connectivity index (χ2n) is 4.51. The maximum absolute atomic E-state index is 5.42. The Labute approximate surface area is 110 Å². The number of aromatic amines is 1. The Morgan fingerprint density at radius 1 is 1.28 bits per heavy atom. The van der Waals surface area contributed by atoms with E-state index in [4.69, 9.17) is 12.2 Å². The van der Waals surface area contributed by atoms with Crippen molar-refractivity contribution in [3.05, 3.63) is 40.3 Å². The molecule has 0 bridgehead atoms. The van der Waals surface area contributed by atoms with E-state index in [1.807, 2.05) is 29.3 Å². The summed E-state index contributed by atoms with van der Waals surface area (Å²) in [6.07, 6.45) is 0. The van der Waals surface area contributed by atoms with Crippen LogP contribution in [0.2, 0.25) is 0 Å². The van der Waals surface area contributed by atoms with Gasteiger partial charge in [-0.15, -0.1) is 0 Å². The Balaban J connectivity index is 2.42. The van der Waals surface area contributed by atoms with E-state index >= 15 is 0 Å². The molecule has 1 aromatic carbocycles. The molecular weight excluding hydrogens is 244 g/mol. The molecule has 0 fully saturated rings. The lowest BCUT2D eigenvalue weighted by Gasteiger charge is -2.05. The lowest BCUT2D eigenvalue weighted by Crippen LogP contribution is -2.00. The van der Waals surface area contributed by atoms with Crippen LogP contribution in [-0.4, -0.2) is 19.3 Å². The standard InChI is InChI=1S/C13H14N4S/c1-8-5-4-6-10(7-8)17-12-11(14-13(17)18)9(2)15-16(12)3/h4-7H,1-3H3,(H,14,18). The minimum atomic E-state index is 0.701. The molecule has 0 radical (unpaired) electrons. The molecule has 0 saturated carbocycles. The van der Waals surface area contributed by atoms with Crippen LogP contribution in [0, 0.1) is 18.6 Å². The first-order chi connectivity index (χ1) is 8.58. The first-order valence-corrected chi connectivity index (χ1v) is 6.20. The second-order valence-corrected chi connectivity index (χ2v) is 4.90. The minimum Gasteiger partial charge on any atom is -0.327 e. The Hall–Kier alpha value is -1.88. The van der Waals surface area contributed by atoms with Gasteiger partial charge in [0, 0.05) is 7.05 Å². The third-order valence-electron chi connectivity index (χ3n) is 3.10. The third kappa shape index (κ3) is 1.51. The number of nitrogens with one attached hydrogen (secondary N) is 1. The maximum Gasteiger partial charge on any atom is 0.184 e. The van der Waals surface area contributed by atoms with Crippen LogP contribution < -0.4 is 0 Å². The average molecular weight is 258 g/mol. The number of rotatable bonds is 1. The number of nitrogens with zero attached hydrogens (tertiary/aromatic N) is 3. The monoisotopic (exact) mass is 258 g/mol. The van der Waals surface area contributed by atoms with Crippen LogP contribution in [0.1, 0.15) is 11.3 Å². The van der Waals surface area contributed by atoms with Crippen LogP contribution in [0.3, 0.4) is 0 Å². The molecular formula is C13H14N4S. The minimum absolute atomic E-state index is 0.701. The van der Waals surface area contributed by atoms with Crippen molar-refractivity contribution >= 4 is 23.4 Å². The van der Waals surface area contributed by atoms with Crippen LogP contribution >= 0.6 is 12.2 Å². The van der Waals surface area contributed by atoms with Crippen molar-refractivity contribution in [2.24, 2.45) is 7.05 Å². The Kier molecular flexibility index (Phi) is 2.38. The van der Waals surface area contributed by atoms with Gasteiger partial charge >= 0.3 is 0 Å². The average Bonchev–Trinajstić information content (AvgIpc) is 2.78. The van der Waals surface area contributed by atoms with E-state index in [2.05, 4.69) is 35.2 Å². The van der Waals surface area contributed by atoms with Gasteiger partial charge in [0.15, 0.2) is 10.4 Å². The van der Waals surface area contributed by atoms with Gasteiger partial charge in [0.25, 0.3) is 0 Å². The topological polar surface area (TPSA) is 38.5 Å². The molecule has 18 heavy (non-hydrogen) atoms. The summed E-state index contributed by atoms with van der Waals surface area (Å²) in [4.78, 5) is 3.23. The first kappa shape index (κ1) is 11.2. The fourth-order valence-corrected chi connectivity index (χ4v) is 2.61. The van der Waals surface area contributed by atoms with E-state index in [9.17, 15) is 0 Å². The number of aryl methyl sites for hydroxylation is 3. The van der Waals surface area contributed by atoms with Crippen LogP contribution in [0.15, 0.2) is 24.3 Å². The molecule has 92 valence electrons. The largest absolute Gasteiger partial charge is 0.327 e. The predicted octanol–water partition coefficient (Wildman–Crippen LogP) is 3.04. The van der Waals surface area contributed by atoms with Gasteiger partial charge in [0.1, 0.15) is 5.52 Å². The fourth-order valence-electron chi connectivity index (χ4n) is 2.31. The zero-order chi connectivity index (χ0) is 12.9. The predicted molar refractivity (Wildman–Crippen MR) is 74.7 cm³/mol. The van der Waals surface area contributed by atoms with Gasteiger partial charge < -0.3 is 4.98 Å². The van der Waals surface area contributed by atoms with Crippen molar-refractivity contribution in [2.45, 2.75) is 13.8 Å². The van der Waals surface area contributed by atoms with E-state index in [0.717, 1.165) is 22.5 Å². The normalized spacial score (nSPS) is 11.3. The highest BCUT2D eigenvalue weighted by Gasteiger charge is 2.13. The molecule has 0 aliphatic carbocycles. The summed E-state index contributed by atoms with van der Waals surface area (Å²) >= 11 is 5.42. The highest BCUT2D eigenvalue weighted by molar-refractivity contribution is 7.71. The summed E-state index contributed by atoms with van der Waals surface area (Å²) in [5.74, 6) is 0. The van der Waals surface area contributed by atoms with E-state index in [0.29, 0.717) is 4.77 Å². The van der Waals surface area contributed by atoms with E-state index in [-0.39, 0.29) is 0 Å². The Morgan fingerprint density at radius 3 is 2.78 bits per heavy atom. The van der Waals surface area contributed by atoms with Crippen LogP contribution in [0.4, 0.5) is 0 Å². The summed E-state index contributed by atoms with van der Waals surface area (Å²) < 4.78 is 4.59. The van der Waals surface area contributed by atoms with Crippen molar-refractivity contribution in [3.8, 4) is 5.69 Å². The SMILES string of the molecule is Cc1cccc(-n2c(=S)[nH]c3c(C)nn(C)c32)c1. The first-order valence-electron chi connectivity index (χ1n) is 5.79. The van der Waals surface area contributed by atoms with E-state index in [1.165, 1.54) is 5.56 Å². The highest BCUT2D eigenvalue weighted by atomic mass is 32.1. The van der Waals surface area contributed by atoms with Gasteiger partial charge in [-0.2, -0.15) is 5.10 Å². The van der Waals surface area contributed by atoms with Gasteiger partial charge in [0.05, 0.1) is 11.4 Å². The zero-order valence-corrected chi connectivity index (χ0v) is 11.4. The highest BCUT2D eigenvalue weighted by Crippen LogP contribution is 2.21. The molecule has 0 saturated heterocycles. The van der Waals surface area contributed by atoms with Crippen LogP contribution in [-0.2, 0) is 7.05 Å². The second kappa shape index (κ2) is 3.81. The van der Waals surface area contributed by atoms with Crippen molar-refractivity contribution < 1.29 is 0 Å². The van der Waals surface area contributed by atoms with Gasteiger partial charge in [-0.05, 0) is 43.8 Å². The van der Waals surface area contributed by atoms with Crippen LogP contribution in [0.5, 0.6) is 0 Å². The summed E-state index contributed by atoms with van der Waals surface area (Å²) in [7, 11) is 1.93. The quantitative estimate of drug-likeness (QED) is 0.681. The zero-order valence-electron chi connectivity index (χ0n) is 10.6. The van der Waals surface area contributed by atoms with Crippen molar-refractivity contribution in [1.82, 2.24) is 19.3 Å². The molecule has 0 spiro atoms. The lowest BCUT2D eigenvalue weighted by atomic mass is 10.2. The number of aromatic nitrogens is 4. The smallest absolute Gasteiger partial charge is 0.184 e. The van der Waals surface area contributed by atoms with Crippen LogP contribution in [0.25, 0.3) is 16.9 Å². The number of hydrogen-bond donors (Lipinski definition) is 1. The Bertz CT molecular complexity index is 791. The molecule has 2 aromatic heterocycles. The molecule has 5 heteroatoms. The number of imidazole rings is 1. The fraction of sp³-hybridized carbons (Fsp3) is 0.231. The van der Waals surface area contributed by atoms with E-state index in [1.54, 1.807) is 0 Å². The summed E-state index contributed by atoms with van der Waals surface area (Å²) in [5.41, 5.74) is 5.24. The number of benzene rings is 1. The molecule has 3 aromatic rings. The molecule has 0 aliphatic heterocycles. The number of H-pyrrole nitrogens is 1. The molecule has 4 nitrogen and oxygen atoms in total. The van der Waals surface area contributed by atoms with Gasteiger partial charge in [-0.3, -0.25) is 4.57 Å². The summed E-state index contributed by atoms with van der Waals surface area (Å²) in [6.45, 7) is 4.06. The molecule has 0 atom stereocenters. The summed E-state index contributed by atoms with van der Waals surface area (Å²) in [5, 5.41) is 4.42. The van der Waals surface area contributed by atoms with Gasteiger partial charge in [-0.1, -0.05) is 12.1 Å². The molecule has 3 rings (SSSR count). The van der Waals surface area contributed by atoms with Crippen molar-refractivity contribution in [2.75, 3.05) is 0 Å². The number of hydrogen-bond acceptors (Lipinski definition) is 2. The third-order valence-corrected chi connectivity index (χ3v) is 3.38. The molecule has 0 amide bonds. The Morgan fingerprint density at radius 2 is 2.06 bits per heavy atom. The molecule has 0 unspecified atom stereocenters. The van der Waals surface area contributed by atoms with Crippen molar-refractivity contribution in [3.63, 3.8) is 0 Å². The molecule has 0 aliphatic rings. The van der Waals surface area contributed by atoms with Gasteiger partial charge in [-0.25, -0.2) is 4.68 Å². The lowest BCUT2D eigenvalue weighted by molar-refractivity contribution is 0.759. The maximum atomic E-state index is 5.42.